The standard InChI is InChI=1S/C15H17N3S/c1-15(2,3)11-6-4-10(5-7-11)12-9-19-14-17-8-13(16)18(12)14/h4-9H,16H2,1-3H3. The van der Waals surface area contributed by atoms with Crippen LogP contribution >= 0.6 is 11.3 Å². The van der Waals surface area contributed by atoms with Crippen LogP contribution in [0.5, 0.6) is 0 Å². The molecule has 0 aliphatic carbocycles. The van der Waals surface area contributed by atoms with E-state index in [9.17, 15) is 0 Å². The number of nitrogens with two attached hydrogens (primary N) is 1. The van der Waals surface area contributed by atoms with Gasteiger partial charge >= 0.3 is 0 Å². The summed E-state index contributed by atoms with van der Waals surface area (Å²) in [6.07, 6.45) is 1.71. The average molecular weight is 271 g/mol. The minimum atomic E-state index is 0.177. The molecule has 0 aliphatic rings. The van der Waals surface area contributed by atoms with Gasteiger partial charge in [0.1, 0.15) is 5.82 Å². The number of aromatic nitrogens is 2. The Morgan fingerprint density at radius 1 is 1.16 bits per heavy atom. The van der Waals surface area contributed by atoms with E-state index in [1.807, 2.05) is 4.40 Å². The average Bonchev–Trinajstić information content (AvgIpc) is 2.92. The Hall–Kier alpha value is -1.81. The van der Waals surface area contributed by atoms with Crippen LogP contribution in [0.1, 0.15) is 26.3 Å². The van der Waals surface area contributed by atoms with Crippen molar-refractivity contribution in [2.24, 2.45) is 0 Å². The van der Waals surface area contributed by atoms with Crippen LogP contribution in [0.25, 0.3) is 16.2 Å². The van der Waals surface area contributed by atoms with Gasteiger partial charge in [-0.1, -0.05) is 45.0 Å². The molecule has 0 saturated heterocycles. The van der Waals surface area contributed by atoms with Crippen LogP contribution < -0.4 is 5.73 Å². The van der Waals surface area contributed by atoms with Crippen LogP contribution in [0, 0.1) is 0 Å². The van der Waals surface area contributed by atoms with E-state index in [4.69, 9.17) is 5.73 Å². The van der Waals surface area contributed by atoms with Crippen molar-refractivity contribution in [2.75, 3.05) is 5.73 Å². The predicted octanol–water partition coefficient (Wildman–Crippen LogP) is 3.94. The summed E-state index contributed by atoms with van der Waals surface area (Å²) >= 11 is 1.61. The number of nitrogen functional groups attached to an aromatic ring is 1. The lowest BCUT2D eigenvalue weighted by Gasteiger charge is -2.19. The van der Waals surface area contributed by atoms with Crippen molar-refractivity contribution in [3.63, 3.8) is 0 Å². The van der Waals surface area contributed by atoms with Gasteiger partial charge in [0.2, 0.25) is 0 Å². The van der Waals surface area contributed by atoms with E-state index in [0.717, 1.165) is 10.7 Å². The molecule has 0 radical (unpaired) electrons. The smallest absolute Gasteiger partial charge is 0.195 e. The summed E-state index contributed by atoms with van der Waals surface area (Å²) in [6.45, 7) is 6.66. The summed E-state index contributed by atoms with van der Waals surface area (Å²) in [4.78, 5) is 5.22. The molecule has 2 aromatic heterocycles. The normalized spacial score (nSPS) is 12.2. The quantitative estimate of drug-likeness (QED) is 0.728. The number of imidazole rings is 1. The molecule has 2 heterocycles. The molecular formula is C15H17N3S. The molecule has 2 N–H and O–H groups in total. The molecule has 0 spiro atoms. The summed E-state index contributed by atoms with van der Waals surface area (Å²) in [5.41, 5.74) is 9.75. The van der Waals surface area contributed by atoms with Gasteiger partial charge in [-0.2, -0.15) is 0 Å². The fourth-order valence-corrected chi connectivity index (χ4v) is 3.05. The van der Waals surface area contributed by atoms with Crippen LogP contribution in [0.2, 0.25) is 0 Å². The monoisotopic (exact) mass is 271 g/mol. The van der Waals surface area contributed by atoms with Gasteiger partial charge in [0.25, 0.3) is 0 Å². The van der Waals surface area contributed by atoms with E-state index in [0.29, 0.717) is 5.82 Å². The number of hydrogen-bond acceptors (Lipinski definition) is 3. The van der Waals surface area contributed by atoms with Gasteiger partial charge < -0.3 is 5.73 Å². The van der Waals surface area contributed by atoms with Crippen molar-refractivity contribution in [3.05, 3.63) is 41.4 Å². The van der Waals surface area contributed by atoms with Gasteiger partial charge in [-0.05, 0) is 16.5 Å². The highest BCUT2D eigenvalue weighted by Gasteiger charge is 2.14. The summed E-state index contributed by atoms with van der Waals surface area (Å²) in [7, 11) is 0. The lowest BCUT2D eigenvalue weighted by Crippen LogP contribution is -2.10. The first-order chi connectivity index (χ1) is 8.97. The molecule has 3 nitrogen and oxygen atoms in total. The highest BCUT2D eigenvalue weighted by Crippen LogP contribution is 2.30. The number of fused-ring (bicyclic) bond motifs is 1. The maximum Gasteiger partial charge on any atom is 0.195 e. The first-order valence-electron chi connectivity index (χ1n) is 6.28. The van der Waals surface area contributed by atoms with E-state index in [1.54, 1.807) is 17.5 Å². The number of benzene rings is 1. The molecule has 98 valence electrons. The Morgan fingerprint density at radius 3 is 2.47 bits per heavy atom. The number of thiazole rings is 1. The molecule has 0 fully saturated rings. The fraction of sp³-hybridized carbons (Fsp3) is 0.267. The Kier molecular flexibility index (Phi) is 2.64. The van der Waals surface area contributed by atoms with Crippen molar-refractivity contribution in [1.82, 2.24) is 9.38 Å². The molecule has 4 heteroatoms. The van der Waals surface area contributed by atoms with Crippen LogP contribution in [0.15, 0.2) is 35.8 Å². The summed E-state index contributed by atoms with van der Waals surface area (Å²) in [6, 6.07) is 8.68. The zero-order chi connectivity index (χ0) is 13.6. The van der Waals surface area contributed by atoms with Crippen molar-refractivity contribution in [3.8, 4) is 11.3 Å². The number of nitrogens with zero attached hydrogens (tertiary/aromatic N) is 2. The first kappa shape index (κ1) is 12.2. The van der Waals surface area contributed by atoms with Crippen molar-refractivity contribution < 1.29 is 0 Å². The maximum atomic E-state index is 5.97. The zero-order valence-electron chi connectivity index (χ0n) is 11.3. The van der Waals surface area contributed by atoms with Gasteiger partial charge in [0.15, 0.2) is 4.96 Å². The van der Waals surface area contributed by atoms with E-state index in [-0.39, 0.29) is 5.41 Å². The summed E-state index contributed by atoms with van der Waals surface area (Å²) < 4.78 is 2.00. The van der Waals surface area contributed by atoms with Gasteiger partial charge in [0.05, 0.1) is 11.9 Å². The number of anilines is 1. The Labute approximate surface area is 116 Å². The lowest BCUT2D eigenvalue weighted by atomic mass is 9.86. The van der Waals surface area contributed by atoms with E-state index >= 15 is 0 Å². The van der Waals surface area contributed by atoms with Gasteiger partial charge in [-0.15, -0.1) is 11.3 Å². The number of rotatable bonds is 1. The first-order valence-corrected chi connectivity index (χ1v) is 7.16. The summed E-state index contributed by atoms with van der Waals surface area (Å²) in [5, 5.41) is 2.10. The topological polar surface area (TPSA) is 43.3 Å². The van der Waals surface area contributed by atoms with E-state index in [2.05, 4.69) is 55.4 Å². The van der Waals surface area contributed by atoms with Crippen molar-refractivity contribution >= 4 is 22.1 Å². The van der Waals surface area contributed by atoms with Gasteiger partial charge in [0, 0.05) is 5.38 Å². The van der Waals surface area contributed by atoms with E-state index in [1.165, 1.54) is 11.1 Å². The summed E-state index contributed by atoms with van der Waals surface area (Å²) in [5.74, 6) is 0.686. The molecule has 0 aliphatic heterocycles. The molecule has 0 atom stereocenters. The Balaban J connectivity index is 2.09. The molecular weight excluding hydrogens is 254 g/mol. The van der Waals surface area contributed by atoms with Gasteiger partial charge in [-0.3, -0.25) is 4.40 Å². The Morgan fingerprint density at radius 2 is 1.84 bits per heavy atom. The third-order valence-electron chi connectivity index (χ3n) is 3.32. The third-order valence-corrected chi connectivity index (χ3v) is 4.16. The van der Waals surface area contributed by atoms with Crippen LogP contribution in [-0.2, 0) is 5.41 Å². The largest absolute Gasteiger partial charge is 0.383 e. The van der Waals surface area contributed by atoms with Gasteiger partial charge in [-0.25, -0.2) is 4.98 Å². The molecule has 0 amide bonds. The molecule has 3 rings (SSSR count). The van der Waals surface area contributed by atoms with Crippen molar-refractivity contribution in [1.29, 1.82) is 0 Å². The molecule has 0 bridgehead atoms. The molecule has 19 heavy (non-hydrogen) atoms. The second-order valence-corrected chi connectivity index (χ2v) is 6.59. The van der Waals surface area contributed by atoms with E-state index < -0.39 is 0 Å². The second-order valence-electron chi connectivity index (χ2n) is 5.75. The Bertz CT molecular complexity index is 714. The minimum absolute atomic E-state index is 0.177. The maximum absolute atomic E-state index is 5.97. The minimum Gasteiger partial charge on any atom is -0.383 e. The molecule has 1 aromatic carbocycles. The molecule has 0 saturated carbocycles. The SMILES string of the molecule is CC(C)(C)c1ccc(-c2csc3ncc(N)n23)cc1. The number of hydrogen-bond donors (Lipinski definition) is 1. The van der Waals surface area contributed by atoms with Crippen LogP contribution in [0.3, 0.4) is 0 Å². The molecule has 0 unspecified atom stereocenters. The predicted molar refractivity (Wildman–Crippen MR) is 81.6 cm³/mol. The molecule has 3 aromatic rings. The zero-order valence-corrected chi connectivity index (χ0v) is 12.2. The van der Waals surface area contributed by atoms with Crippen LogP contribution in [0.4, 0.5) is 5.82 Å². The van der Waals surface area contributed by atoms with Crippen LogP contribution in [-0.4, -0.2) is 9.38 Å². The van der Waals surface area contributed by atoms with Crippen molar-refractivity contribution in [2.45, 2.75) is 26.2 Å². The fourth-order valence-electron chi connectivity index (χ4n) is 2.17. The lowest BCUT2D eigenvalue weighted by molar-refractivity contribution is 0.590. The second kappa shape index (κ2) is 4.10. The third kappa shape index (κ3) is 2.02. The highest BCUT2D eigenvalue weighted by molar-refractivity contribution is 7.15. The highest BCUT2D eigenvalue weighted by atomic mass is 32.1.